The Morgan fingerprint density at radius 1 is 0.538 bits per heavy atom. The second-order valence-electron chi connectivity index (χ2n) is 20.3. The van der Waals surface area contributed by atoms with Gasteiger partial charge in [0, 0.05) is 29.3 Å². The summed E-state index contributed by atoms with van der Waals surface area (Å²) in [7, 11) is 2.68. The van der Waals surface area contributed by atoms with Crippen molar-refractivity contribution in [3.8, 4) is 6.07 Å². The first kappa shape index (κ1) is 72.0. The smallest absolute Gasteiger partial charge is 0.338 e. The number of hydrogen-bond acceptors (Lipinski definition) is 25. The Bertz CT molecular complexity index is 3760. The molecule has 0 saturated heterocycles. The molecule has 4 aromatic carbocycles. The Balaban J connectivity index is 0.000000183. The zero-order valence-electron chi connectivity index (χ0n) is 52.1. The van der Waals surface area contributed by atoms with Gasteiger partial charge in [-0.1, -0.05) is 137 Å². The van der Waals surface area contributed by atoms with Crippen LogP contribution in [0.3, 0.4) is 0 Å². The van der Waals surface area contributed by atoms with Gasteiger partial charge in [-0.05, 0) is 73.9 Å². The number of anilines is 1. The van der Waals surface area contributed by atoms with Crippen molar-refractivity contribution in [2.24, 2.45) is 0 Å². The van der Waals surface area contributed by atoms with Crippen LogP contribution in [0.4, 0.5) is 5.88 Å². The van der Waals surface area contributed by atoms with Crippen molar-refractivity contribution in [3.63, 3.8) is 0 Å². The zero-order valence-corrected chi connectivity index (χ0v) is 52.1. The van der Waals surface area contributed by atoms with Gasteiger partial charge in [-0.15, -0.1) is 0 Å². The maximum Gasteiger partial charge on any atom is 0.338 e. The van der Waals surface area contributed by atoms with Crippen LogP contribution in [0.25, 0.3) is 22.2 Å². The lowest BCUT2D eigenvalue weighted by Crippen LogP contribution is -2.12. The van der Waals surface area contributed by atoms with E-state index >= 15 is 0 Å². The van der Waals surface area contributed by atoms with Gasteiger partial charge in [-0.25, -0.2) is 29.1 Å². The van der Waals surface area contributed by atoms with E-state index in [4.69, 9.17) is 62.8 Å². The third kappa shape index (κ3) is 25.3. The highest BCUT2D eigenvalue weighted by atomic mass is 16.6. The summed E-state index contributed by atoms with van der Waals surface area (Å²) in [5.41, 5.74) is 14.4. The Hall–Kier alpha value is -10.1. The first-order chi connectivity index (χ1) is 45.3. The third-order valence-corrected chi connectivity index (χ3v) is 13.0. The molecule has 5 heterocycles. The Morgan fingerprint density at radius 2 is 0.957 bits per heavy atom. The highest BCUT2D eigenvalue weighted by Gasteiger charge is 2.31. The van der Waals surface area contributed by atoms with Crippen molar-refractivity contribution in [1.82, 2.24) is 25.4 Å². The van der Waals surface area contributed by atoms with Crippen molar-refractivity contribution < 1.29 is 85.6 Å². The molecule has 0 atom stereocenters. The SMILES string of the molecule is CCOC(=O)CO.CCOC(=O)COCc1ccccc1.COC(=O)c1cc(C2CC2)nc2onc(CO)c12.COC(=O)c1cc(C2CC2)nc2onc(COCc3ccccc3)c12.N#CCC(=O)COCc1ccccc1.Nc1cc(COCc2ccccc2)no1. The summed E-state index contributed by atoms with van der Waals surface area (Å²) in [4.78, 5) is 64.6. The molecule has 2 aliphatic rings. The summed E-state index contributed by atoms with van der Waals surface area (Å²) in [6.07, 6.45) is 4.23. The van der Waals surface area contributed by atoms with Gasteiger partial charge in [0.1, 0.15) is 36.9 Å². The van der Waals surface area contributed by atoms with Crippen LogP contribution in [0.5, 0.6) is 0 Å². The molecule has 0 unspecified atom stereocenters. The second-order valence-corrected chi connectivity index (χ2v) is 20.3. The number of nitrogens with zero attached hydrogens (tertiary/aromatic N) is 6. The number of esters is 4. The van der Waals surface area contributed by atoms with Crippen LogP contribution in [0.1, 0.15) is 129 Å². The molecular formula is C68H75N7O18. The average Bonchev–Trinajstić information content (AvgIpc) is 1.68. The molecular weight excluding hydrogens is 1200 g/mol. The number of hydrogen-bond donors (Lipinski definition) is 3. The largest absolute Gasteiger partial charge is 0.465 e. The van der Waals surface area contributed by atoms with Crippen LogP contribution in [0.2, 0.25) is 0 Å². The normalized spacial score (nSPS) is 11.8. The number of pyridine rings is 2. The highest BCUT2D eigenvalue weighted by molar-refractivity contribution is 6.04. The van der Waals surface area contributed by atoms with Crippen LogP contribution < -0.4 is 5.73 Å². The van der Waals surface area contributed by atoms with Gasteiger partial charge >= 0.3 is 23.9 Å². The standard InChI is InChI=1S/C19H18N2O4.C12H12N2O4.C11H12N2O2.C11H11NO2.C11H14O3.C4H8O3/c1-23-19(22)14-9-15(13-7-8-13)20-18-17(14)16(21-25-18)11-24-10-12-5-3-2-4-6-12;1-17-12(16)7-4-8(6-2-3-6)13-11-10(7)9(5-15)14-18-11;12-11-6-10(13-15-11)8-14-7-9-4-2-1-3-5-9;12-7-6-11(13)9-14-8-10-4-2-1-3-5-10;1-2-14-11(12)9-13-8-10-6-4-3-5-7-10;1-2-7-4(6)3-5/h2-6,9,13H,7-8,10-11H2,1H3;4,6,15H,2-3,5H2,1H3;1-6H,7-8,12H2;1-5H,6,8-9H2;3-7H,2,8-9H2,1H3;5H,2-3H2,1H3. The maximum atomic E-state index is 12.2. The Labute approximate surface area is 536 Å². The van der Waals surface area contributed by atoms with Crippen molar-refractivity contribution in [3.05, 3.63) is 201 Å². The lowest BCUT2D eigenvalue weighted by molar-refractivity contribution is -0.149. The molecule has 0 radical (unpaired) electrons. The van der Waals surface area contributed by atoms with Crippen molar-refractivity contribution in [2.45, 2.75) is 104 Å². The number of Topliss-reactive ketones (excluding diaryl/α,β-unsaturated/α-hetero) is 1. The van der Waals surface area contributed by atoms with Crippen LogP contribution in [0.15, 0.2) is 153 Å². The number of benzene rings is 4. The number of ether oxygens (including phenoxy) is 8. The molecule has 5 aromatic heterocycles. The molecule has 2 aliphatic carbocycles. The van der Waals surface area contributed by atoms with Crippen LogP contribution in [-0.2, 0) is 98.5 Å². The van der Waals surface area contributed by atoms with E-state index < -0.39 is 24.5 Å². The first-order valence-electron chi connectivity index (χ1n) is 29.7. The number of fused-ring (bicyclic) bond motifs is 2. The lowest BCUT2D eigenvalue weighted by atomic mass is 10.1. The minimum atomic E-state index is -0.567. The molecule has 93 heavy (non-hydrogen) atoms. The molecule has 2 fully saturated rings. The summed E-state index contributed by atoms with van der Waals surface area (Å²) in [5.74, 6) is -0.845. The summed E-state index contributed by atoms with van der Waals surface area (Å²) in [5, 5.41) is 37.9. The summed E-state index contributed by atoms with van der Waals surface area (Å²) in [6, 6.07) is 46.1. The number of methoxy groups -OCH3 is 2. The Kier molecular flexibility index (Phi) is 30.9. The molecule has 0 spiro atoms. The van der Waals surface area contributed by atoms with E-state index in [1.165, 1.54) is 14.2 Å². The van der Waals surface area contributed by atoms with Gasteiger partial charge in [0.05, 0.1) is 108 Å². The van der Waals surface area contributed by atoms with E-state index in [0.717, 1.165) is 59.3 Å². The van der Waals surface area contributed by atoms with Crippen molar-refractivity contribution in [2.75, 3.05) is 53.0 Å². The van der Waals surface area contributed by atoms with Gasteiger partial charge in [0.15, 0.2) is 5.78 Å². The van der Waals surface area contributed by atoms with Gasteiger partial charge in [0.25, 0.3) is 11.4 Å². The van der Waals surface area contributed by atoms with Crippen LogP contribution in [-0.4, -0.2) is 113 Å². The maximum absolute atomic E-state index is 12.2. The monoisotopic (exact) mass is 1280 g/mol. The average molecular weight is 1280 g/mol. The van der Waals surface area contributed by atoms with Crippen LogP contribution >= 0.6 is 0 Å². The highest BCUT2D eigenvalue weighted by Crippen LogP contribution is 2.42. The summed E-state index contributed by atoms with van der Waals surface area (Å²) < 4.78 is 55.3. The fourth-order valence-corrected chi connectivity index (χ4v) is 8.30. The van der Waals surface area contributed by atoms with Crippen molar-refractivity contribution in [1.29, 1.82) is 5.26 Å². The quantitative estimate of drug-likeness (QED) is 0.0354. The minimum absolute atomic E-state index is 0.0163. The van der Waals surface area contributed by atoms with Gasteiger partial charge < -0.3 is 67.4 Å². The van der Waals surface area contributed by atoms with E-state index in [1.54, 1.807) is 38.1 Å². The van der Waals surface area contributed by atoms with Gasteiger partial charge in [-0.2, -0.15) is 5.26 Å². The molecule has 25 nitrogen and oxygen atoms in total. The minimum Gasteiger partial charge on any atom is -0.465 e. The van der Waals surface area contributed by atoms with Gasteiger partial charge in [-0.3, -0.25) is 4.79 Å². The molecule has 0 aliphatic heterocycles. The lowest BCUT2D eigenvalue weighted by Gasteiger charge is -2.06. The van der Waals surface area contributed by atoms with E-state index in [1.807, 2.05) is 121 Å². The summed E-state index contributed by atoms with van der Waals surface area (Å²) >= 11 is 0. The zero-order chi connectivity index (χ0) is 66.6. The molecule has 490 valence electrons. The molecule has 11 rings (SSSR count). The van der Waals surface area contributed by atoms with E-state index in [2.05, 4.69) is 30.2 Å². The van der Waals surface area contributed by atoms with E-state index in [-0.39, 0.29) is 50.3 Å². The fraction of sp³-hybridized carbons (Fsp3) is 0.338. The number of nitriles is 1. The molecule has 0 bridgehead atoms. The molecule has 4 N–H and O–H groups in total. The number of ketones is 1. The number of rotatable bonds is 25. The number of aromatic nitrogens is 5. The van der Waals surface area contributed by atoms with E-state index in [9.17, 15) is 29.1 Å². The number of carbonyl (C=O) groups is 5. The van der Waals surface area contributed by atoms with Gasteiger partial charge in [0.2, 0.25) is 5.88 Å². The first-order valence-corrected chi connectivity index (χ1v) is 29.7. The molecule has 0 amide bonds. The number of aliphatic hydroxyl groups is 2. The Morgan fingerprint density at radius 3 is 1.34 bits per heavy atom. The second kappa shape index (κ2) is 39.9. The summed E-state index contributed by atoms with van der Waals surface area (Å²) in [6.45, 7) is 5.92. The molecule has 2 saturated carbocycles. The number of carbonyl (C=O) groups excluding carboxylic acids is 5. The van der Waals surface area contributed by atoms with E-state index in [0.29, 0.717) is 109 Å². The fourth-order valence-electron chi connectivity index (χ4n) is 8.30. The number of nitrogen functional groups attached to an aromatic ring is 1. The third-order valence-electron chi connectivity index (χ3n) is 13.0. The number of nitrogens with two attached hydrogens (primary N) is 1. The predicted molar refractivity (Wildman–Crippen MR) is 335 cm³/mol. The molecule has 25 heteroatoms. The van der Waals surface area contributed by atoms with Crippen LogP contribution in [0, 0.1) is 11.3 Å². The van der Waals surface area contributed by atoms with Crippen molar-refractivity contribution >= 4 is 57.7 Å². The molecule has 9 aromatic rings. The topological polar surface area (TPSA) is 353 Å². The number of aliphatic hydroxyl groups excluding tert-OH is 2. The predicted octanol–water partition coefficient (Wildman–Crippen LogP) is 9.95.